The summed E-state index contributed by atoms with van der Waals surface area (Å²) in [6, 6.07) is 6.57. The molecule has 0 saturated carbocycles. The van der Waals surface area contributed by atoms with E-state index in [9.17, 15) is 20.2 Å². The van der Waals surface area contributed by atoms with E-state index >= 15 is 0 Å². The Balaban J connectivity index is 1.40. The van der Waals surface area contributed by atoms with Crippen molar-refractivity contribution in [2.45, 2.75) is 38.7 Å². The van der Waals surface area contributed by atoms with E-state index in [1.807, 2.05) is 6.92 Å². The third kappa shape index (κ3) is 6.39. The van der Waals surface area contributed by atoms with Crippen LogP contribution in [0, 0.1) is 27.4 Å². The number of nitro benzene ring substituents is 1. The minimum atomic E-state index is -0.477. The summed E-state index contributed by atoms with van der Waals surface area (Å²) in [5, 5.41) is 20.3. The second-order valence-electron chi connectivity index (χ2n) is 8.11. The highest BCUT2D eigenvalue weighted by Crippen LogP contribution is 2.29. The third-order valence-corrected chi connectivity index (χ3v) is 6.03. The fourth-order valence-electron chi connectivity index (χ4n) is 4.24. The van der Waals surface area contributed by atoms with Crippen LogP contribution in [0.2, 0.25) is 0 Å². The highest BCUT2D eigenvalue weighted by molar-refractivity contribution is 5.71. The Kier molecular flexibility index (Phi) is 8.20. The zero-order chi connectivity index (χ0) is 22.2. The summed E-state index contributed by atoms with van der Waals surface area (Å²) in [4.78, 5) is 26.3. The van der Waals surface area contributed by atoms with Crippen molar-refractivity contribution >= 4 is 17.3 Å². The Hall–Kier alpha value is -2.70. The van der Waals surface area contributed by atoms with Crippen LogP contribution in [-0.4, -0.2) is 67.8 Å². The molecule has 0 spiro atoms. The molecule has 9 nitrogen and oxygen atoms in total. The van der Waals surface area contributed by atoms with Crippen molar-refractivity contribution in [1.29, 1.82) is 5.26 Å². The Bertz CT molecular complexity index is 809. The molecule has 0 N–H and O–H groups in total. The van der Waals surface area contributed by atoms with Crippen LogP contribution in [0.25, 0.3) is 0 Å². The second-order valence-corrected chi connectivity index (χ2v) is 8.11. The standard InChI is InChI=1S/C22H30N4O5/c1-2-30-22(27)15-24-9-7-20(8-10-24)31-16-17-5-11-25(12-6-17)21-4-3-19(26(28)29)13-18(21)14-23/h3-4,13,17,20H,2,5-12,15-16H2,1H3. The third-order valence-electron chi connectivity index (χ3n) is 6.03. The molecular formula is C22H30N4O5. The van der Waals surface area contributed by atoms with E-state index in [4.69, 9.17) is 9.47 Å². The summed E-state index contributed by atoms with van der Waals surface area (Å²) in [5.41, 5.74) is 1.05. The number of nitrogens with zero attached hydrogens (tertiary/aromatic N) is 4. The van der Waals surface area contributed by atoms with Crippen molar-refractivity contribution in [3.8, 4) is 6.07 Å². The SMILES string of the molecule is CCOC(=O)CN1CCC(OCC2CCN(c3ccc([N+](=O)[O-])cc3C#N)CC2)CC1. The number of non-ortho nitro benzene ring substituents is 1. The molecule has 2 saturated heterocycles. The maximum Gasteiger partial charge on any atom is 0.320 e. The smallest absolute Gasteiger partial charge is 0.320 e. The van der Waals surface area contributed by atoms with Crippen LogP contribution in [0.3, 0.4) is 0 Å². The van der Waals surface area contributed by atoms with E-state index in [2.05, 4.69) is 15.9 Å². The van der Waals surface area contributed by atoms with E-state index in [-0.39, 0.29) is 17.8 Å². The van der Waals surface area contributed by atoms with Crippen LogP contribution in [0.15, 0.2) is 18.2 Å². The number of carbonyl (C=O) groups excluding carboxylic acids is 1. The summed E-state index contributed by atoms with van der Waals surface area (Å²) < 4.78 is 11.2. The largest absolute Gasteiger partial charge is 0.465 e. The van der Waals surface area contributed by atoms with Gasteiger partial charge in [-0.2, -0.15) is 5.26 Å². The molecule has 2 aliphatic heterocycles. The van der Waals surface area contributed by atoms with Gasteiger partial charge in [-0.05, 0) is 44.6 Å². The fraction of sp³-hybridized carbons (Fsp3) is 0.636. The highest BCUT2D eigenvalue weighted by Gasteiger charge is 2.25. The van der Waals surface area contributed by atoms with Gasteiger partial charge in [-0.15, -0.1) is 0 Å². The number of ether oxygens (including phenoxy) is 2. The van der Waals surface area contributed by atoms with Crippen molar-refractivity contribution < 1.29 is 19.2 Å². The Morgan fingerprint density at radius 3 is 2.55 bits per heavy atom. The van der Waals surface area contributed by atoms with Gasteiger partial charge in [0.2, 0.25) is 0 Å². The van der Waals surface area contributed by atoms with Crippen molar-refractivity contribution in [1.82, 2.24) is 4.90 Å². The molecule has 0 aromatic heterocycles. The van der Waals surface area contributed by atoms with Crippen molar-refractivity contribution in [2.75, 3.05) is 50.8 Å². The number of esters is 1. The van der Waals surface area contributed by atoms with E-state index < -0.39 is 4.92 Å². The maximum absolute atomic E-state index is 11.6. The van der Waals surface area contributed by atoms with E-state index in [0.717, 1.165) is 64.2 Å². The van der Waals surface area contributed by atoms with Gasteiger partial charge >= 0.3 is 5.97 Å². The topological polar surface area (TPSA) is 109 Å². The van der Waals surface area contributed by atoms with E-state index in [1.165, 1.54) is 12.1 Å². The fourth-order valence-corrected chi connectivity index (χ4v) is 4.24. The molecule has 168 valence electrons. The molecule has 1 aromatic carbocycles. The van der Waals surface area contributed by atoms with Gasteiger partial charge in [0.15, 0.2) is 0 Å². The molecule has 0 radical (unpaired) electrons. The highest BCUT2D eigenvalue weighted by atomic mass is 16.6. The van der Waals surface area contributed by atoms with Gasteiger partial charge in [0.25, 0.3) is 5.69 Å². The average Bonchev–Trinajstić information content (AvgIpc) is 2.78. The monoisotopic (exact) mass is 430 g/mol. The van der Waals surface area contributed by atoms with Gasteiger partial charge in [-0.1, -0.05) is 0 Å². The molecule has 3 rings (SSSR count). The van der Waals surface area contributed by atoms with Crippen LogP contribution in [-0.2, 0) is 14.3 Å². The number of hydrogen-bond donors (Lipinski definition) is 0. The lowest BCUT2D eigenvalue weighted by Gasteiger charge is -2.35. The molecule has 0 bridgehead atoms. The number of likely N-dealkylation sites (tertiary alicyclic amines) is 1. The summed E-state index contributed by atoms with van der Waals surface area (Å²) in [6.45, 7) is 6.61. The first-order chi connectivity index (χ1) is 15.0. The van der Waals surface area contributed by atoms with Crippen LogP contribution in [0.5, 0.6) is 0 Å². The molecule has 2 aliphatic rings. The number of rotatable bonds is 8. The van der Waals surface area contributed by atoms with Gasteiger partial charge in [-0.3, -0.25) is 19.8 Å². The number of benzene rings is 1. The van der Waals surface area contributed by atoms with Crippen molar-refractivity contribution in [3.63, 3.8) is 0 Å². The van der Waals surface area contributed by atoms with Gasteiger partial charge in [-0.25, -0.2) is 0 Å². The number of piperidine rings is 2. The van der Waals surface area contributed by atoms with Crippen LogP contribution < -0.4 is 4.90 Å². The lowest BCUT2D eigenvalue weighted by molar-refractivity contribution is -0.384. The van der Waals surface area contributed by atoms with Gasteiger partial charge < -0.3 is 14.4 Å². The predicted molar refractivity (Wildman–Crippen MR) is 115 cm³/mol. The Morgan fingerprint density at radius 2 is 1.94 bits per heavy atom. The van der Waals surface area contributed by atoms with Crippen LogP contribution in [0.1, 0.15) is 38.2 Å². The van der Waals surface area contributed by atoms with E-state index in [1.54, 1.807) is 6.07 Å². The molecule has 0 unspecified atom stereocenters. The van der Waals surface area contributed by atoms with E-state index in [0.29, 0.717) is 24.6 Å². The van der Waals surface area contributed by atoms with Gasteiger partial charge in [0.1, 0.15) is 6.07 Å². The molecule has 2 heterocycles. The quantitative estimate of drug-likeness (QED) is 0.352. The molecule has 9 heteroatoms. The molecule has 31 heavy (non-hydrogen) atoms. The lowest BCUT2D eigenvalue weighted by atomic mass is 9.96. The number of carbonyl (C=O) groups is 1. The normalized spacial score (nSPS) is 18.5. The summed E-state index contributed by atoms with van der Waals surface area (Å²) >= 11 is 0. The summed E-state index contributed by atoms with van der Waals surface area (Å²) in [6.07, 6.45) is 4.00. The summed E-state index contributed by atoms with van der Waals surface area (Å²) in [7, 11) is 0. The molecule has 0 atom stereocenters. The van der Waals surface area contributed by atoms with Gasteiger partial charge in [0.05, 0.1) is 35.4 Å². The first-order valence-corrected chi connectivity index (χ1v) is 10.9. The number of nitro groups is 1. The second kappa shape index (κ2) is 11.1. The summed E-state index contributed by atoms with van der Waals surface area (Å²) in [5.74, 6) is 0.304. The molecule has 2 fully saturated rings. The molecule has 0 aliphatic carbocycles. The number of anilines is 1. The minimum absolute atomic E-state index is 0.0584. The Morgan fingerprint density at radius 1 is 1.23 bits per heavy atom. The van der Waals surface area contributed by atoms with Crippen LogP contribution >= 0.6 is 0 Å². The lowest BCUT2D eigenvalue weighted by Crippen LogP contribution is -2.41. The average molecular weight is 431 g/mol. The predicted octanol–water partition coefficient (Wildman–Crippen LogP) is 2.73. The zero-order valence-corrected chi connectivity index (χ0v) is 18.0. The van der Waals surface area contributed by atoms with Crippen molar-refractivity contribution in [2.24, 2.45) is 5.92 Å². The molecule has 0 amide bonds. The van der Waals surface area contributed by atoms with Crippen LogP contribution in [0.4, 0.5) is 11.4 Å². The zero-order valence-electron chi connectivity index (χ0n) is 18.0. The minimum Gasteiger partial charge on any atom is -0.465 e. The van der Waals surface area contributed by atoms with Gasteiger partial charge in [0, 0.05) is 44.9 Å². The van der Waals surface area contributed by atoms with Crippen molar-refractivity contribution in [3.05, 3.63) is 33.9 Å². The maximum atomic E-state index is 11.6. The number of nitriles is 1. The Labute approximate surface area is 182 Å². The number of hydrogen-bond acceptors (Lipinski definition) is 8. The molecular weight excluding hydrogens is 400 g/mol. The first-order valence-electron chi connectivity index (χ1n) is 10.9. The first kappa shape index (κ1) is 23.0. The molecule has 1 aromatic rings.